The normalized spacial score (nSPS) is 12.3. The number of hydrogen-bond acceptors (Lipinski definition) is 7. The van der Waals surface area contributed by atoms with E-state index in [-0.39, 0.29) is 5.91 Å². The summed E-state index contributed by atoms with van der Waals surface area (Å²) in [5.74, 6) is 4.99. The first-order valence-corrected chi connectivity index (χ1v) is 13.1. The van der Waals surface area contributed by atoms with E-state index in [1.165, 1.54) is 6.08 Å². The average molecular weight is 530 g/mol. The number of carbonyl (C=O) groups is 1. The van der Waals surface area contributed by atoms with E-state index in [1.807, 2.05) is 54.6 Å². The molecule has 0 atom stereocenters. The molecular weight excluding hydrogens is 502 g/mol. The highest BCUT2D eigenvalue weighted by Crippen LogP contribution is 2.39. The highest BCUT2D eigenvalue weighted by atomic mass is 32.2. The van der Waals surface area contributed by atoms with Gasteiger partial charge in [0.2, 0.25) is 11.7 Å². The molecule has 0 saturated carbocycles. The minimum atomic E-state index is -0.274. The van der Waals surface area contributed by atoms with E-state index in [4.69, 9.17) is 24.0 Å². The Balaban J connectivity index is 1.37. The summed E-state index contributed by atoms with van der Waals surface area (Å²) in [6, 6.07) is 20.8. The molecule has 0 unspecified atom stereocenters. The molecule has 1 aromatic heterocycles. The zero-order chi connectivity index (χ0) is 26.5. The Kier molecular flexibility index (Phi) is 7.55. The fourth-order valence-corrected chi connectivity index (χ4v) is 5.17. The third-order valence-electron chi connectivity index (χ3n) is 5.97. The van der Waals surface area contributed by atoms with Crippen LogP contribution < -0.4 is 24.3 Å². The van der Waals surface area contributed by atoms with Gasteiger partial charge in [0.25, 0.3) is 0 Å². The van der Waals surface area contributed by atoms with Crippen LogP contribution in [0.4, 0.5) is 5.82 Å². The largest absolute Gasteiger partial charge is 0.493 e. The summed E-state index contributed by atoms with van der Waals surface area (Å²) < 4.78 is 23.9. The van der Waals surface area contributed by atoms with Gasteiger partial charge in [-0.2, -0.15) is 16.9 Å². The quantitative estimate of drug-likeness (QED) is 0.263. The van der Waals surface area contributed by atoms with Gasteiger partial charge < -0.3 is 24.3 Å². The Morgan fingerprint density at radius 1 is 0.921 bits per heavy atom. The molecule has 1 N–H and O–H groups in total. The number of thioether (sulfide) groups is 1. The lowest BCUT2D eigenvalue weighted by molar-refractivity contribution is -0.111. The summed E-state index contributed by atoms with van der Waals surface area (Å²) in [6.45, 7) is 0. The Morgan fingerprint density at radius 3 is 2.26 bits per heavy atom. The number of methoxy groups -OCH3 is 3. The molecule has 5 rings (SSSR count). The molecule has 1 aliphatic heterocycles. The number of anilines is 1. The molecule has 194 valence electrons. The summed E-state index contributed by atoms with van der Waals surface area (Å²) >= 11 is 1.78. The van der Waals surface area contributed by atoms with Gasteiger partial charge in [-0.25, -0.2) is 4.68 Å². The van der Waals surface area contributed by atoms with E-state index in [0.717, 1.165) is 39.8 Å². The number of nitrogens with one attached hydrogen (secondary N) is 1. The van der Waals surface area contributed by atoms with Crippen molar-refractivity contribution in [3.8, 4) is 34.4 Å². The number of amides is 1. The number of carbonyl (C=O) groups excluding carboxylic acids is 1. The summed E-state index contributed by atoms with van der Waals surface area (Å²) in [7, 11) is 4.65. The van der Waals surface area contributed by atoms with Crippen molar-refractivity contribution in [3.63, 3.8) is 0 Å². The molecule has 0 aliphatic carbocycles. The second-order valence-electron chi connectivity index (χ2n) is 8.37. The van der Waals surface area contributed by atoms with Crippen LogP contribution in [-0.4, -0.2) is 37.0 Å². The number of fused-ring (bicyclic) bond motifs is 1. The molecule has 0 fully saturated rings. The van der Waals surface area contributed by atoms with E-state index in [9.17, 15) is 4.79 Å². The molecular formula is C29H27N3O5S. The fraction of sp³-hybridized carbons (Fsp3) is 0.172. The SMILES string of the molecule is COc1cc(/C=C/C(=O)Nc2c3c(nn2-c2ccc(Oc4ccccc4)cc2)CSC3)cc(OC)c1OC. The van der Waals surface area contributed by atoms with Crippen LogP contribution >= 0.6 is 11.8 Å². The lowest BCUT2D eigenvalue weighted by Crippen LogP contribution is -2.13. The Hall–Kier alpha value is -4.37. The van der Waals surface area contributed by atoms with Crippen molar-refractivity contribution < 1.29 is 23.7 Å². The van der Waals surface area contributed by atoms with Gasteiger partial charge in [-0.1, -0.05) is 18.2 Å². The number of para-hydroxylation sites is 1. The molecule has 38 heavy (non-hydrogen) atoms. The first-order chi connectivity index (χ1) is 18.6. The molecule has 4 aromatic rings. The van der Waals surface area contributed by atoms with Crippen LogP contribution in [-0.2, 0) is 16.3 Å². The van der Waals surface area contributed by atoms with Gasteiger partial charge in [0.15, 0.2) is 11.5 Å². The van der Waals surface area contributed by atoms with Crippen molar-refractivity contribution in [1.29, 1.82) is 0 Å². The lowest BCUT2D eigenvalue weighted by atomic mass is 10.1. The number of benzene rings is 3. The van der Waals surface area contributed by atoms with Gasteiger partial charge in [-0.3, -0.25) is 4.79 Å². The molecule has 8 nitrogen and oxygen atoms in total. The highest BCUT2D eigenvalue weighted by molar-refractivity contribution is 7.98. The molecule has 2 heterocycles. The van der Waals surface area contributed by atoms with Crippen molar-refractivity contribution in [3.05, 3.63) is 89.6 Å². The van der Waals surface area contributed by atoms with Gasteiger partial charge in [-0.15, -0.1) is 0 Å². The van der Waals surface area contributed by atoms with Gasteiger partial charge in [-0.05, 0) is 60.2 Å². The maximum atomic E-state index is 13.0. The molecule has 1 aliphatic rings. The lowest BCUT2D eigenvalue weighted by Gasteiger charge is -2.13. The van der Waals surface area contributed by atoms with Gasteiger partial charge in [0, 0.05) is 23.1 Å². The van der Waals surface area contributed by atoms with Crippen molar-refractivity contribution in [2.24, 2.45) is 0 Å². The Labute approximate surface area is 225 Å². The van der Waals surface area contributed by atoms with Crippen molar-refractivity contribution in [1.82, 2.24) is 9.78 Å². The predicted octanol–water partition coefficient (Wildman–Crippen LogP) is 6.09. The third kappa shape index (κ3) is 5.33. The highest BCUT2D eigenvalue weighted by Gasteiger charge is 2.24. The molecule has 1 amide bonds. The summed E-state index contributed by atoms with van der Waals surface area (Å²) in [6.07, 6.45) is 3.18. The molecule has 0 bridgehead atoms. The topological polar surface area (TPSA) is 83.8 Å². The molecule has 0 radical (unpaired) electrons. The van der Waals surface area contributed by atoms with Crippen LogP contribution in [0.3, 0.4) is 0 Å². The maximum absolute atomic E-state index is 13.0. The average Bonchev–Trinajstić information content (AvgIpc) is 3.55. The fourth-order valence-electron chi connectivity index (χ4n) is 4.14. The van der Waals surface area contributed by atoms with Crippen LogP contribution in [0, 0.1) is 0 Å². The van der Waals surface area contributed by atoms with Crippen LogP contribution in [0.2, 0.25) is 0 Å². The zero-order valence-corrected chi connectivity index (χ0v) is 22.1. The number of nitrogens with zero attached hydrogens (tertiary/aromatic N) is 2. The summed E-state index contributed by atoms with van der Waals surface area (Å²) in [4.78, 5) is 13.0. The maximum Gasteiger partial charge on any atom is 0.249 e. The van der Waals surface area contributed by atoms with Crippen LogP contribution in [0.15, 0.2) is 72.8 Å². The standard InChI is InChI=1S/C29H27N3O5S/c1-34-25-15-19(16-26(35-2)28(25)36-3)9-14-27(33)30-29-23-17-38-18-24(23)31-32(29)20-10-12-22(13-11-20)37-21-7-5-4-6-8-21/h4-16H,17-18H2,1-3H3,(H,30,33)/b14-9+. The van der Waals surface area contributed by atoms with Crippen LogP contribution in [0.5, 0.6) is 28.7 Å². The van der Waals surface area contributed by atoms with E-state index < -0.39 is 0 Å². The Morgan fingerprint density at radius 2 is 1.61 bits per heavy atom. The van der Waals surface area contributed by atoms with Crippen molar-refractivity contribution in [2.75, 3.05) is 26.6 Å². The van der Waals surface area contributed by atoms with Crippen molar-refractivity contribution >= 4 is 29.6 Å². The minimum Gasteiger partial charge on any atom is -0.493 e. The monoisotopic (exact) mass is 529 g/mol. The van der Waals surface area contributed by atoms with Crippen LogP contribution in [0.25, 0.3) is 11.8 Å². The molecule has 0 spiro atoms. The number of rotatable bonds is 9. The minimum absolute atomic E-state index is 0.274. The zero-order valence-electron chi connectivity index (χ0n) is 21.3. The predicted molar refractivity (Wildman–Crippen MR) is 149 cm³/mol. The first-order valence-electron chi connectivity index (χ1n) is 11.9. The van der Waals surface area contributed by atoms with E-state index in [1.54, 1.807) is 56.0 Å². The Bertz CT molecular complexity index is 1440. The number of ether oxygens (including phenoxy) is 4. The number of aromatic nitrogens is 2. The summed E-state index contributed by atoms with van der Waals surface area (Å²) in [5.41, 5.74) is 3.57. The van der Waals surface area contributed by atoms with E-state index in [0.29, 0.717) is 28.8 Å². The molecule has 0 saturated heterocycles. The van der Waals surface area contributed by atoms with E-state index >= 15 is 0 Å². The van der Waals surface area contributed by atoms with Crippen molar-refractivity contribution in [2.45, 2.75) is 11.5 Å². The summed E-state index contributed by atoms with van der Waals surface area (Å²) in [5, 5.41) is 7.82. The molecule has 3 aromatic carbocycles. The number of hydrogen-bond donors (Lipinski definition) is 1. The van der Waals surface area contributed by atoms with E-state index in [2.05, 4.69) is 5.32 Å². The van der Waals surface area contributed by atoms with Gasteiger partial charge >= 0.3 is 0 Å². The third-order valence-corrected chi connectivity index (χ3v) is 6.94. The van der Waals surface area contributed by atoms with Crippen LogP contribution in [0.1, 0.15) is 16.8 Å². The second-order valence-corrected chi connectivity index (χ2v) is 9.35. The van der Waals surface area contributed by atoms with Gasteiger partial charge in [0.1, 0.15) is 17.3 Å². The second kappa shape index (κ2) is 11.4. The molecule has 9 heteroatoms. The first kappa shape index (κ1) is 25.3. The van der Waals surface area contributed by atoms with Gasteiger partial charge in [0.05, 0.1) is 32.7 Å². The smallest absolute Gasteiger partial charge is 0.249 e.